The number of aliphatic hydroxyl groups is 1. The highest BCUT2D eigenvalue weighted by Gasteiger charge is 2.44. The van der Waals surface area contributed by atoms with Crippen LogP contribution in [0, 0.1) is 5.41 Å². The average molecular weight is 661 g/mol. The van der Waals surface area contributed by atoms with Gasteiger partial charge in [0.25, 0.3) is 5.92 Å². The lowest BCUT2D eigenvalue weighted by molar-refractivity contribution is -0.0222. The fourth-order valence-corrected chi connectivity index (χ4v) is 7.17. The topological polar surface area (TPSA) is 148 Å². The molecule has 2 aromatic heterocycles. The van der Waals surface area contributed by atoms with Crippen molar-refractivity contribution in [1.29, 1.82) is 0 Å². The summed E-state index contributed by atoms with van der Waals surface area (Å²) < 4.78 is 68.5. The van der Waals surface area contributed by atoms with Crippen LogP contribution >= 0.6 is 0 Å². The molecule has 13 nitrogen and oxygen atoms in total. The van der Waals surface area contributed by atoms with Crippen LogP contribution in [0.2, 0.25) is 0 Å². The number of sulfonamides is 1. The molecule has 1 unspecified atom stereocenters. The Balaban J connectivity index is 1.21. The molecule has 3 aliphatic heterocycles. The van der Waals surface area contributed by atoms with E-state index < -0.39 is 28.3 Å². The summed E-state index contributed by atoms with van der Waals surface area (Å²) >= 11 is 0. The second-order valence-electron chi connectivity index (χ2n) is 12.7. The van der Waals surface area contributed by atoms with Crippen molar-refractivity contribution in [3.05, 3.63) is 30.5 Å². The second kappa shape index (κ2) is 12.2. The number of hydrogen-bond donors (Lipinski definition) is 2. The highest BCUT2D eigenvalue weighted by Crippen LogP contribution is 2.54. The van der Waals surface area contributed by atoms with E-state index in [1.54, 1.807) is 40.0 Å². The van der Waals surface area contributed by atoms with Crippen molar-refractivity contribution in [2.75, 3.05) is 66.3 Å². The van der Waals surface area contributed by atoms with Crippen LogP contribution in [0.3, 0.4) is 0 Å². The number of ether oxygens (including phenoxy) is 2. The van der Waals surface area contributed by atoms with Crippen LogP contribution < -0.4 is 19.3 Å². The van der Waals surface area contributed by atoms with Crippen molar-refractivity contribution >= 4 is 27.3 Å². The number of rotatable bonds is 10. The number of anilines is 3. The van der Waals surface area contributed by atoms with Crippen molar-refractivity contribution in [2.45, 2.75) is 57.0 Å². The second-order valence-corrected chi connectivity index (χ2v) is 14.6. The fourth-order valence-electron chi connectivity index (χ4n) is 6.34. The number of alkyl halides is 2. The van der Waals surface area contributed by atoms with Gasteiger partial charge in [-0.3, -0.25) is 4.72 Å². The molecule has 248 valence electrons. The molecule has 16 heteroatoms. The number of benzene rings is 1. The number of nitrogens with zero attached hydrogens (tertiary/aromatic N) is 7. The predicted octanol–water partition coefficient (Wildman–Crippen LogP) is 3.24. The monoisotopic (exact) mass is 660 g/mol. The zero-order valence-corrected chi connectivity index (χ0v) is 26.3. The molecule has 4 aliphatic rings. The Morgan fingerprint density at radius 2 is 1.74 bits per heavy atom. The van der Waals surface area contributed by atoms with Gasteiger partial charge in [-0.1, -0.05) is 5.21 Å². The van der Waals surface area contributed by atoms with Gasteiger partial charge < -0.3 is 24.4 Å². The van der Waals surface area contributed by atoms with Crippen LogP contribution in [0.5, 0.6) is 5.88 Å². The van der Waals surface area contributed by atoms with Gasteiger partial charge in [-0.2, -0.15) is 4.98 Å². The number of halogens is 2. The molecule has 1 aromatic carbocycles. The van der Waals surface area contributed by atoms with Crippen molar-refractivity contribution in [1.82, 2.24) is 25.0 Å². The summed E-state index contributed by atoms with van der Waals surface area (Å²) in [5.41, 5.74) is 3.22. The van der Waals surface area contributed by atoms with Gasteiger partial charge >= 0.3 is 0 Å². The molecule has 3 saturated heterocycles. The molecule has 1 atom stereocenters. The Labute approximate surface area is 266 Å². The first-order chi connectivity index (χ1) is 22.1. The zero-order chi connectivity index (χ0) is 31.9. The molecule has 7 rings (SSSR count). The normalized spacial score (nSPS) is 22.3. The third-order valence-electron chi connectivity index (χ3n) is 9.38. The lowest BCUT2D eigenvalue weighted by Gasteiger charge is -2.35. The van der Waals surface area contributed by atoms with Gasteiger partial charge in [-0.05, 0) is 49.3 Å². The summed E-state index contributed by atoms with van der Waals surface area (Å²) in [7, 11) is -3.72. The number of aliphatic hydroxyl groups excluding tert-OH is 1. The van der Waals surface area contributed by atoms with Crippen LogP contribution in [-0.4, -0.2) is 102 Å². The summed E-state index contributed by atoms with van der Waals surface area (Å²) in [6.07, 6.45) is 6.35. The Morgan fingerprint density at radius 3 is 2.43 bits per heavy atom. The quantitative estimate of drug-likeness (QED) is 0.330. The molecule has 5 heterocycles. The van der Waals surface area contributed by atoms with Gasteiger partial charge in [0, 0.05) is 51.5 Å². The molecule has 1 spiro atoms. The fraction of sp³-hybridized carbons (Fsp3) is 0.600. The summed E-state index contributed by atoms with van der Waals surface area (Å²) in [5, 5.41) is 18.0. The van der Waals surface area contributed by atoms with E-state index in [1.807, 2.05) is 0 Å². The number of nitrogens with one attached hydrogen (secondary N) is 1. The van der Waals surface area contributed by atoms with Crippen LogP contribution in [0.25, 0.3) is 17.1 Å². The summed E-state index contributed by atoms with van der Waals surface area (Å²) in [6.45, 7) is 2.44. The van der Waals surface area contributed by atoms with E-state index in [0.29, 0.717) is 59.6 Å². The minimum atomic E-state index is -3.72. The molecular formula is C30H38F2N8O5S. The lowest BCUT2D eigenvalue weighted by Crippen LogP contribution is -2.40. The molecule has 1 saturated carbocycles. The maximum atomic E-state index is 13.9. The first-order valence-electron chi connectivity index (χ1n) is 15.8. The summed E-state index contributed by atoms with van der Waals surface area (Å²) in [6, 6.07) is 6.92. The lowest BCUT2D eigenvalue weighted by atomic mass is 9.93. The largest absolute Gasteiger partial charge is 0.472 e. The number of piperidine rings is 2. The molecular weight excluding hydrogens is 622 g/mol. The predicted molar refractivity (Wildman–Crippen MR) is 166 cm³/mol. The molecule has 1 aliphatic carbocycles. The van der Waals surface area contributed by atoms with E-state index >= 15 is 0 Å². The average Bonchev–Trinajstić information content (AvgIpc) is 3.37. The molecule has 0 bridgehead atoms. The van der Waals surface area contributed by atoms with Gasteiger partial charge in [0.2, 0.25) is 21.9 Å². The Bertz CT molecular complexity index is 1660. The minimum absolute atomic E-state index is 0.115. The molecule has 2 N–H and O–H groups in total. The Hall–Kier alpha value is -3.63. The van der Waals surface area contributed by atoms with Crippen LogP contribution in [0.1, 0.15) is 44.9 Å². The molecule has 3 aromatic rings. The van der Waals surface area contributed by atoms with Crippen molar-refractivity contribution in [3.63, 3.8) is 0 Å². The van der Waals surface area contributed by atoms with E-state index in [1.165, 1.54) is 12.8 Å². The summed E-state index contributed by atoms with van der Waals surface area (Å²) in [5.74, 6) is -2.51. The van der Waals surface area contributed by atoms with Crippen LogP contribution in [-0.2, 0) is 14.8 Å². The third-order valence-corrected chi connectivity index (χ3v) is 10.6. The van der Waals surface area contributed by atoms with E-state index in [0.717, 1.165) is 31.6 Å². The van der Waals surface area contributed by atoms with Gasteiger partial charge in [-0.25, -0.2) is 26.9 Å². The van der Waals surface area contributed by atoms with E-state index in [2.05, 4.69) is 24.9 Å². The highest BCUT2D eigenvalue weighted by atomic mass is 32.2. The van der Waals surface area contributed by atoms with E-state index in [9.17, 15) is 22.3 Å². The Kier molecular flexibility index (Phi) is 8.21. The van der Waals surface area contributed by atoms with Crippen LogP contribution in [0.4, 0.5) is 26.1 Å². The Morgan fingerprint density at radius 1 is 0.978 bits per heavy atom. The zero-order valence-electron chi connectivity index (χ0n) is 25.4. The summed E-state index contributed by atoms with van der Waals surface area (Å²) in [4.78, 5) is 13.2. The first-order valence-corrected chi connectivity index (χ1v) is 17.4. The third kappa shape index (κ3) is 6.88. The minimum Gasteiger partial charge on any atom is -0.472 e. The van der Waals surface area contributed by atoms with Gasteiger partial charge in [-0.15, -0.1) is 5.10 Å². The van der Waals surface area contributed by atoms with Gasteiger partial charge in [0.05, 0.1) is 48.8 Å². The smallest absolute Gasteiger partial charge is 0.251 e. The van der Waals surface area contributed by atoms with Crippen molar-refractivity contribution in [2.24, 2.45) is 5.41 Å². The number of hydrogen-bond acceptors (Lipinski definition) is 11. The van der Waals surface area contributed by atoms with E-state index in [-0.39, 0.29) is 32.0 Å². The maximum absolute atomic E-state index is 13.9. The van der Waals surface area contributed by atoms with Gasteiger partial charge in [0.15, 0.2) is 0 Å². The maximum Gasteiger partial charge on any atom is 0.251 e. The molecule has 46 heavy (non-hydrogen) atoms. The highest BCUT2D eigenvalue weighted by molar-refractivity contribution is 7.92. The van der Waals surface area contributed by atoms with Crippen LogP contribution in [0.15, 0.2) is 30.5 Å². The number of aromatic nitrogens is 5. The van der Waals surface area contributed by atoms with Crippen molar-refractivity contribution in [3.8, 4) is 23.0 Å². The first kappa shape index (κ1) is 31.0. The molecule has 4 fully saturated rings. The van der Waals surface area contributed by atoms with E-state index in [4.69, 9.17) is 14.5 Å². The van der Waals surface area contributed by atoms with Gasteiger partial charge in [0.1, 0.15) is 17.5 Å². The molecule has 0 amide bonds. The molecule has 0 radical (unpaired) electrons. The van der Waals surface area contributed by atoms with Crippen molar-refractivity contribution < 1.29 is 31.8 Å². The SMILES string of the molecule is O=S(=O)(CCO)Nc1ccc(-n2cc(-c3cc(OC4CCOC4)nc(N4CCC(F)(F)CC4)n3)nn2)c(N2CCC3(CC2)CC3)c1. The standard InChI is InChI=1S/C30H38F2N8O5S/c31-30(32)8-12-39(13-9-30)28-33-23(18-27(34-28)45-22-3-15-44-20-22)24-19-40(37-35-24)25-2-1-21(36-46(42,43)16-14-41)17-26(25)38-10-6-29(4-5-29)7-11-38/h1-2,17-19,22,36,41H,3-16,20H2.